The summed E-state index contributed by atoms with van der Waals surface area (Å²) in [4.78, 5) is 12.5. The quantitative estimate of drug-likeness (QED) is 0.585. The van der Waals surface area contributed by atoms with Crippen molar-refractivity contribution in [2.45, 2.75) is 11.4 Å². The largest absolute Gasteiger partial charge is 0.495 e. The van der Waals surface area contributed by atoms with Gasteiger partial charge < -0.3 is 9.47 Å². The predicted octanol–water partition coefficient (Wildman–Crippen LogP) is 3.75. The first-order valence-electron chi connectivity index (χ1n) is 7.80. The highest BCUT2D eigenvalue weighted by Gasteiger charge is 2.22. The van der Waals surface area contributed by atoms with Crippen molar-refractivity contribution in [2.75, 3.05) is 14.2 Å². The second kappa shape index (κ2) is 8.22. The average Bonchev–Trinajstić information content (AvgIpc) is 3.36. The zero-order chi connectivity index (χ0) is 19.4. The van der Waals surface area contributed by atoms with E-state index in [1.165, 1.54) is 43.8 Å². The standard InChI is InChI=1S/C18H17NO5S3/c1-23-16-4-3-12(18(20)24-2)8-17(16)27(21,22)19-9-15-7-14(11-26-15)13-5-6-25-10-13/h3-8,10-11,19H,9H2,1-2H3. The number of thiophene rings is 2. The number of hydrogen-bond acceptors (Lipinski definition) is 7. The summed E-state index contributed by atoms with van der Waals surface area (Å²) < 4.78 is 37.8. The number of carbonyl (C=O) groups excluding carboxylic acids is 1. The molecular formula is C18H17NO5S3. The number of rotatable bonds is 7. The smallest absolute Gasteiger partial charge is 0.337 e. The van der Waals surface area contributed by atoms with Gasteiger partial charge in [-0.05, 0) is 57.6 Å². The molecule has 3 aromatic rings. The van der Waals surface area contributed by atoms with Crippen LogP contribution in [-0.4, -0.2) is 28.6 Å². The first-order chi connectivity index (χ1) is 12.9. The van der Waals surface area contributed by atoms with E-state index in [1.54, 1.807) is 11.3 Å². The van der Waals surface area contributed by atoms with Crippen LogP contribution in [0.4, 0.5) is 0 Å². The molecule has 2 heterocycles. The summed E-state index contributed by atoms with van der Waals surface area (Å²) in [6.07, 6.45) is 0. The minimum atomic E-state index is -3.88. The molecule has 0 unspecified atom stereocenters. The van der Waals surface area contributed by atoms with Gasteiger partial charge in [0.2, 0.25) is 10.0 Å². The van der Waals surface area contributed by atoms with Crippen LogP contribution in [0.3, 0.4) is 0 Å². The summed E-state index contributed by atoms with van der Waals surface area (Å²) in [5.74, 6) is -0.465. The van der Waals surface area contributed by atoms with Gasteiger partial charge in [-0.25, -0.2) is 17.9 Å². The molecule has 0 atom stereocenters. The van der Waals surface area contributed by atoms with E-state index in [0.29, 0.717) is 0 Å². The van der Waals surface area contributed by atoms with Gasteiger partial charge in [-0.15, -0.1) is 11.3 Å². The van der Waals surface area contributed by atoms with Crippen LogP contribution in [0, 0.1) is 0 Å². The van der Waals surface area contributed by atoms with E-state index in [2.05, 4.69) is 9.46 Å². The molecule has 0 bridgehead atoms. The van der Waals surface area contributed by atoms with Gasteiger partial charge in [0.05, 0.1) is 19.8 Å². The van der Waals surface area contributed by atoms with Gasteiger partial charge >= 0.3 is 5.97 Å². The summed E-state index contributed by atoms with van der Waals surface area (Å²) in [6, 6.07) is 8.11. The van der Waals surface area contributed by atoms with Crippen molar-refractivity contribution in [3.63, 3.8) is 0 Å². The maximum Gasteiger partial charge on any atom is 0.337 e. The first kappa shape index (κ1) is 19.6. The van der Waals surface area contributed by atoms with E-state index in [-0.39, 0.29) is 22.8 Å². The van der Waals surface area contributed by atoms with Crippen molar-refractivity contribution in [2.24, 2.45) is 0 Å². The van der Waals surface area contributed by atoms with Gasteiger partial charge in [0.1, 0.15) is 10.6 Å². The number of sulfonamides is 1. The lowest BCUT2D eigenvalue weighted by Gasteiger charge is -2.11. The third kappa shape index (κ3) is 4.38. The second-order valence-corrected chi connectivity index (χ2v) is 9.01. The number of nitrogens with one attached hydrogen (secondary N) is 1. The van der Waals surface area contributed by atoms with Crippen molar-refractivity contribution in [3.05, 3.63) is 56.9 Å². The molecule has 9 heteroatoms. The fourth-order valence-electron chi connectivity index (χ4n) is 2.43. The number of methoxy groups -OCH3 is 2. The third-order valence-corrected chi connectivity index (χ3v) is 6.86. The van der Waals surface area contributed by atoms with Crippen LogP contribution in [0.1, 0.15) is 15.2 Å². The van der Waals surface area contributed by atoms with Crippen molar-refractivity contribution in [3.8, 4) is 16.9 Å². The Morgan fingerprint density at radius 1 is 1.11 bits per heavy atom. The fraction of sp³-hybridized carbons (Fsp3) is 0.167. The summed E-state index contributed by atoms with van der Waals surface area (Å²) in [6.45, 7) is 0.142. The Hall–Kier alpha value is -2.20. The van der Waals surface area contributed by atoms with E-state index in [0.717, 1.165) is 16.0 Å². The molecule has 27 heavy (non-hydrogen) atoms. The number of carbonyl (C=O) groups is 1. The van der Waals surface area contributed by atoms with E-state index in [4.69, 9.17) is 4.74 Å². The molecule has 0 radical (unpaired) electrons. The molecule has 0 saturated carbocycles. The van der Waals surface area contributed by atoms with E-state index in [1.807, 2.05) is 28.3 Å². The summed E-state index contributed by atoms with van der Waals surface area (Å²) in [7, 11) is -1.27. The van der Waals surface area contributed by atoms with Crippen LogP contribution in [0.5, 0.6) is 5.75 Å². The zero-order valence-corrected chi connectivity index (χ0v) is 17.0. The normalized spacial score (nSPS) is 11.3. The minimum absolute atomic E-state index is 0.109. The molecular weight excluding hydrogens is 406 g/mol. The number of benzene rings is 1. The van der Waals surface area contributed by atoms with Crippen LogP contribution in [0.2, 0.25) is 0 Å². The van der Waals surface area contributed by atoms with Crippen molar-refractivity contribution >= 4 is 38.7 Å². The van der Waals surface area contributed by atoms with Gasteiger partial charge in [-0.1, -0.05) is 0 Å². The van der Waals surface area contributed by atoms with Crippen LogP contribution in [0.15, 0.2) is 51.4 Å². The first-order valence-corrected chi connectivity index (χ1v) is 11.1. The van der Waals surface area contributed by atoms with Gasteiger partial charge in [-0.3, -0.25) is 0 Å². The molecule has 1 N–H and O–H groups in total. The molecule has 0 saturated heterocycles. The van der Waals surface area contributed by atoms with Crippen molar-refractivity contribution < 1.29 is 22.7 Å². The average molecular weight is 424 g/mol. The molecule has 1 aromatic carbocycles. The van der Waals surface area contributed by atoms with E-state index < -0.39 is 16.0 Å². The summed E-state index contributed by atoms with van der Waals surface area (Å²) >= 11 is 3.09. The topological polar surface area (TPSA) is 81.7 Å². The fourth-order valence-corrected chi connectivity index (χ4v) is 5.22. The third-order valence-electron chi connectivity index (χ3n) is 3.82. The molecule has 2 aromatic heterocycles. The highest BCUT2D eigenvalue weighted by atomic mass is 32.2. The molecule has 0 spiro atoms. The van der Waals surface area contributed by atoms with Gasteiger partial charge in [-0.2, -0.15) is 11.3 Å². The lowest BCUT2D eigenvalue weighted by atomic mass is 10.2. The maximum atomic E-state index is 12.7. The molecule has 0 aliphatic heterocycles. The summed E-state index contributed by atoms with van der Waals surface area (Å²) in [5, 5.41) is 6.03. The highest BCUT2D eigenvalue weighted by molar-refractivity contribution is 7.89. The van der Waals surface area contributed by atoms with Gasteiger partial charge in [0, 0.05) is 11.4 Å². The van der Waals surface area contributed by atoms with Crippen LogP contribution >= 0.6 is 22.7 Å². The van der Waals surface area contributed by atoms with Gasteiger partial charge in [0.25, 0.3) is 0 Å². The molecule has 142 valence electrons. The monoisotopic (exact) mass is 423 g/mol. The Labute approximate surface area is 165 Å². The number of esters is 1. The Bertz CT molecular complexity index is 1040. The number of ether oxygens (including phenoxy) is 2. The Balaban J connectivity index is 1.81. The van der Waals surface area contributed by atoms with Crippen molar-refractivity contribution in [1.82, 2.24) is 4.72 Å². The molecule has 0 aliphatic rings. The second-order valence-electron chi connectivity index (χ2n) is 5.50. The molecule has 3 rings (SSSR count). The van der Waals surface area contributed by atoms with E-state index in [9.17, 15) is 13.2 Å². The molecule has 0 fully saturated rings. The lowest BCUT2D eigenvalue weighted by molar-refractivity contribution is 0.0600. The maximum absolute atomic E-state index is 12.7. The van der Waals surface area contributed by atoms with E-state index >= 15 is 0 Å². The highest BCUT2D eigenvalue weighted by Crippen LogP contribution is 2.29. The molecule has 6 nitrogen and oxygen atoms in total. The van der Waals surface area contributed by atoms with Crippen LogP contribution < -0.4 is 9.46 Å². The minimum Gasteiger partial charge on any atom is -0.495 e. The Morgan fingerprint density at radius 2 is 1.93 bits per heavy atom. The number of hydrogen-bond donors (Lipinski definition) is 1. The van der Waals surface area contributed by atoms with Crippen LogP contribution in [-0.2, 0) is 21.3 Å². The Morgan fingerprint density at radius 3 is 2.59 bits per heavy atom. The van der Waals surface area contributed by atoms with Crippen molar-refractivity contribution in [1.29, 1.82) is 0 Å². The molecule has 0 amide bonds. The lowest BCUT2D eigenvalue weighted by Crippen LogP contribution is -2.23. The van der Waals surface area contributed by atoms with Crippen LogP contribution in [0.25, 0.3) is 11.1 Å². The summed E-state index contributed by atoms with van der Waals surface area (Å²) in [5.41, 5.74) is 2.30. The Kier molecular flexibility index (Phi) is 5.95. The predicted molar refractivity (Wildman–Crippen MR) is 106 cm³/mol. The van der Waals surface area contributed by atoms with Gasteiger partial charge in [0.15, 0.2) is 0 Å². The SMILES string of the molecule is COC(=O)c1ccc(OC)c(S(=O)(=O)NCc2cc(-c3ccsc3)cs2)c1. The zero-order valence-electron chi connectivity index (χ0n) is 14.6. The molecule has 0 aliphatic carbocycles.